The molecular weight excluding hydrogens is 390 g/mol. The first kappa shape index (κ1) is 22.6. The smallest absolute Gasteiger partial charge is 0.307 e. The Morgan fingerprint density at radius 1 is 0.931 bits per heavy atom. The van der Waals surface area contributed by atoms with E-state index in [4.69, 9.17) is 4.74 Å². The molecule has 0 fully saturated rings. The predicted molar refractivity (Wildman–Crippen MR) is 111 cm³/mol. The third-order valence-corrected chi connectivity index (χ3v) is 6.06. The number of sulfone groups is 1. The van der Waals surface area contributed by atoms with Crippen molar-refractivity contribution in [3.63, 3.8) is 0 Å². The van der Waals surface area contributed by atoms with Crippen molar-refractivity contribution < 1.29 is 22.7 Å². The Morgan fingerprint density at radius 3 is 2.03 bits per heavy atom. The van der Waals surface area contributed by atoms with Crippen LogP contribution >= 0.6 is 0 Å². The monoisotopic (exact) mass is 417 g/mol. The molecule has 1 amide bonds. The standard InChI is InChI=1S/C22H27NO5S/c1-22(2,3)23(16-18-10-6-4-7-11-18)20(24)17-28-21(25)14-15-29(26,27)19-12-8-5-9-13-19/h4-13H,14-17H2,1-3H3. The van der Waals surface area contributed by atoms with Crippen LogP contribution in [0.2, 0.25) is 0 Å². The van der Waals surface area contributed by atoms with Gasteiger partial charge in [0.15, 0.2) is 16.4 Å². The quantitative estimate of drug-likeness (QED) is 0.616. The highest BCUT2D eigenvalue weighted by Crippen LogP contribution is 2.18. The molecule has 0 radical (unpaired) electrons. The number of carbonyl (C=O) groups excluding carboxylic acids is 2. The summed E-state index contributed by atoms with van der Waals surface area (Å²) in [5, 5.41) is 0. The third-order valence-electron chi connectivity index (χ3n) is 4.33. The molecular formula is C22H27NO5S. The average Bonchev–Trinajstić information content (AvgIpc) is 2.69. The van der Waals surface area contributed by atoms with E-state index < -0.39 is 28.0 Å². The van der Waals surface area contributed by atoms with Crippen LogP contribution in [0.25, 0.3) is 0 Å². The Balaban J connectivity index is 1.91. The maximum Gasteiger partial charge on any atom is 0.307 e. The van der Waals surface area contributed by atoms with Crippen molar-refractivity contribution in [3.05, 3.63) is 66.2 Å². The lowest BCUT2D eigenvalue weighted by atomic mass is 10.0. The number of benzene rings is 2. The van der Waals surface area contributed by atoms with E-state index in [-0.39, 0.29) is 23.0 Å². The second-order valence-electron chi connectivity index (χ2n) is 7.68. The first-order valence-electron chi connectivity index (χ1n) is 9.37. The number of carbonyl (C=O) groups is 2. The van der Waals surface area contributed by atoms with E-state index in [9.17, 15) is 18.0 Å². The van der Waals surface area contributed by atoms with Crippen LogP contribution in [0.1, 0.15) is 32.8 Å². The maximum atomic E-state index is 12.7. The summed E-state index contributed by atoms with van der Waals surface area (Å²) in [6.45, 7) is 5.68. The zero-order valence-electron chi connectivity index (χ0n) is 17.0. The molecule has 0 spiro atoms. The average molecular weight is 418 g/mol. The molecule has 0 saturated carbocycles. The van der Waals surface area contributed by atoms with Crippen molar-refractivity contribution in [2.24, 2.45) is 0 Å². The van der Waals surface area contributed by atoms with Gasteiger partial charge in [-0.15, -0.1) is 0 Å². The normalized spacial score (nSPS) is 11.7. The van der Waals surface area contributed by atoms with Gasteiger partial charge in [0.25, 0.3) is 5.91 Å². The molecule has 7 heteroatoms. The van der Waals surface area contributed by atoms with Gasteiger partial charge < -0.3 is 9.64 Å². The molecule has 29 heavy (non-hydrogen) atoms. The van der Waals surface area contributed by atoms with E-state index in [1.807, 2.05) is 51.1 Å². The molecule has 0 saturated heterocycles. The van der Waals surface area contributed by atoms with Crippen LogP contribution in [0.15, 0.2) is 65.6 Å². The van der Waals surface area contributed by atoms with Gasteiger partial charge in [-0.2, -0.15) is 0 Å². The summed E-state index contributed by atoms with van der Waals surface area (Å²) in [6.07, 6.45) is -0.307. The highest BCUT2D eigenvalue weighted by atomic mass is 32.2. The highest BCUT2D eigenvalue weighted by molar-refractivity contribution is 7.91. The van der Waals surface area contributed by atoms with E-state index in [0.717, 1.165) is 5.56 Å². The predicted octanol–water partition coefficient (Wildman–Crippen LogP) is 3.22. The van der Waals surface area contributed by atoms with Crippen LogP contribution in [0.5, 0.6) is 0 Å². The van der Waals surface area contributed by atoms with Gasteiger partial charge in [-0.05, 0) is 38.5 Å². The Kier molecular flexibility index (Phi) is 7.56. The fourth-order valence-corrected chi connectivity index (χ4v) is 3.96. The maximum absolute atomic E-state index is 12.7. The van der Waals surface area contributed by atoms with Crippen molar-refractivity contribution in [2.45, 2.75) is 44.2 Å². The van der Waals surface area contributed by atoms with Gasteiger partial charge >= 0.3 is 5.97 Å². The SMILES string of the molecule is CC(C)(C)N(Cc1ccccc1)C(=O)COC(=O)CCS(=O)(=O)c1ccccc1. The summed E-state index contributed by atoms with van der Waals surface area (Å²) in [4.78, 5) is 26.4. The van der Waals surface area contributed by atoms with Crippen LogP contribution in [0, 0.1) is 0 Å². The van der Waals surface area contributed by atoms with Crippen LogP contribution in [0.4, 0.5) is 0 Å². The van der Waals surface area contributed by atoms with Crippen LogP contribution in [0.3, 0.4) is 0 Å². The summed E-state index contributed by atoms with van der Waals surface area (Å²) in [6, 6.07) is 17.5. The van der Waals surface area contributed by atoms with Crippen LogP contribution in [-0.2, 0) is 30.7 Å². The van der Waals surface area contributed by atoms with Crippen LogP contribution in [-0.4, -0.2) is 43.1 Å². The number of amides is 1. The van der Waals surface area contributed by atoms with Gasteiger partial charge in [0.05, 0.1) is 17.1 Å². The molecule has 6 nitrogen and oxygen atoms in total. The Labute approximate surface area is 172 Å². The largest absolute Gasteiger partial charge is 0.456 e. The zero-order valence-corrected chi connectivity index (χ0v) is 17.8. The zero-order chi connectivity index (χ0) is 21.5. The van der Waals surface area contributed by atoms with Gasteiger partial charge in [-0.3, -0.25) is 9.59 Å². The lowest BCUT2D eigenvalue weighted by Crippen LogP contribution is -2.46. The van der Waals surface area contributed by atoms with Gasteiger partial charge in [-0.1, -0.05) is 48.5 Å². The summed E-state index contributed by atoms with van der Waals surface area (Å²) in [5.74, 6) is -1.41. The fourth-order valence-electron chi connectivity index (χ4n) is 2.72. The van der Waals surface area contributed by atoms with Gasteiger partial charge in [0.1, 0.15) is 0 Å². The van der Waals surface area contributed by atoms with Crippen molar-refractivity contribution in [3.8, 4) is 0 Å². The number of hydrogen-bond acceptors (Lipinski definition) is 5. The van der Waals surface area contributed by atoms with Gasteiger partial charge in [-0.25, -0.2) is 8.42 Å². The lowest BCUT2D eigenvalue weighted by Gasteiger charge is -2.35. The summed E-state index contributed by atoms with van der Waals surface area (Å²) < 4.78 is 29.5. The number of nitrogens with zero attached hydrogens (tertiary/aromatic N) is 1. The third kappa shape index (κ3) is 7.02. The van der Waals surface area contributed by atoms with Crippen molar-refractivity contribution in [1.82, 2.24) is 4.90 Å². The highest BCUT2D eigenvalue weighted by Gasteiger charge is 2.27. The van der Waals surface area contributed by atoms with Crippen molar-refractivity contribution in [1.29, 1.82) is 0 Å². The Bertz CT molecular complexity index is 919. The molecule has 0 N–H and O–H groups in total. The summed E-state index contributed by atoms with van der Waals surface area (Å²) in [7, 11) is -3.57. The fraction of sp³-hybridized carbons (Fsp3) is 0.364. The molecule has 0 atom stereocenters. The van der Waals surface area contributed by atoms with E-state index in [2.05, 4.69) is 0 Å². The van der Waals surface area contributed by atoms with Gasteiger partial charge in [0.2, 0.25) is 0 Å². The molecule has 0 unspecified atom stereocenters. The molecule has 0 aliphatic carbocycles. The van der Waals surface area contributed by atoms with Crippen LogP contribution < -0.4 is 0 Å². The number of ether oxygens (including phenoxy) is 1. The number of esters is 1. The van der Waals surface area contributed by atoms with E-state index in [0.29, 0.717) is 6.54 Å². The summed E-state index contributed by atoms with van der Waals surface area (Å²) >= 11 is 0. The lowest BCUT2D eigenvalue weighted by molar-refractivity contribution is -0.154. The van der Waals surface area contributed by atoms with E-state index >= 15 is 0 Å². The second kappa shape index (κ2) is 9.69. The van der Waals surface area contributed by atoms with E-state index in [1.54, 1.807) is 23.1 Å². The molecule has 0 bridgehead atoms. The molecule has 0 aromatic heterocycles. The molecule has 2 aromatic rings. The minimum absolute atomic E-state index is 0.158. The number of rotatable bonds is 8. The molecule has 0 aliphatic rings. The minimum atomic E-state index is -3.57. The first-order chi connectivity index (χ1) is 13.6. The van der Waals surface area contributed by atoms with E-state index in [1.165, 1.54) is 12.1 Å². The molecule has 2 aromatic carbocycles. The first-order valence-corrected chi connectivity index (χ1v) is 11.0. The second-order valence-corrected chi connectivity index (χ2v) is 9.79. The van der Waals surface area contributed by atoms with Gasteiger partial charge in [0, 0.05) is 12.1 Å². The van der Waals surface area contributed by atoms with Crippen molar-refractivity contribution >= 4 is 21.7 Å². The Hall–Kier alpha value is -2.67. The summed E-state index contributed by atoms with van der Waals surface area (Å²) in [5.41, 5.74) is 0.506. The molecule has 0 aliphatic heterocycles. The number of hydrogen-bond donors (Lipinski definition) is 0. The molecule has 156 valence electrons. The topological polar surface area (TPSA) is 80.8 Å². The molecule has 2 rings (SSSR count). The minimum Gasteiger partial charge on any atom is -0.456 e. The molecule has 0 heterocycles. The Morgan fingerprint density at radius 2 is 1.48 bits per heavy atom. The van der Waals surface area contributed by atoms with Crippen molar-refractivity contribution in [2.75, 3.05) is 12.4 Å².